The number of carbonyl (C=O) groups is 1. The molecule has 0 radical (unpaired) electrons. The molecule has 0 bridgehead atoms. The van der Waals surface area contributed by atoms with Gasteiger partial charge in [-0.15, -0.1) is 11.8 Å². The van der Waals surface area contributed by atoms with Gasteiger partial charge in [0.2, 0.25) is 5.91 Å². The van der Waals surface area contributed by atoms with Crippen molar-refractivity contribution < 1.29 is 9.53 Å². The highest BCUT2D eigenvalue weighted by atomic mass is 79.9. The summed E-state index contributed by atoms with van der Waals surface area (Å²) in [5.74, 6) is 2.01. The molecule has 0 saturated heterocycles. The molecule has 0 aliphatic rings. The van der Waals surface area contributed by atoms with E-state index in [2.05, 4.69) is 33.4 Å². The lowest BCUT2D eigenvalue weighted by molar-refractivity contribution is -0.113. The van der Waals surface area contributed by atoms with Crippen LogP contribution < -0.4 is 10.1 Å². The maximum atomic E-state index is 12.1. The Morgan fingerprint density at radius 2 is 1.59 bits per heavy atom. The fourth-order valence-corrected chi connectivity index (χ4v) is 3.47. The van der Waals surface area contributed by atoms with Crippen molar-refractivity contribution in [2.24, 2.45) is 0 Å². The highest BCUT2D eigenvalue weighted by Crippen LogP contribution is 2.19. The van der Waals surface area contributed by atoms with Gasteiger partial charge in [-0.1, -0.05) is 58.4 Å². The maximum Gasteiger partial charge on any atom is 0.234 e. The lowest BCUT2D eigenvalue weighted by Crippen LogP contribution is -2.14. The minimum atomic E-state index is -0.00457. The number of anilines is 1. The van der Waals surface area contributed by atoms with Gasteiger partial charge < -0.3 is 10.1 Å². The van der Waals surface area contributed by atoms with Crippen LogP contribution in [0.15, 0.2) is 83.3 Å². The second kappa shape index (κ2) is 10.2. The SMILES string of the molecule is O=C(CSCc1ccc(Br)cc1)Nc1ccc(OCc2ccccc2)cc1. The quantitative estimate of drug-likeness (QED) is 0.472. The van der Waals surface area contributed by atoms with Crippen LogP contribution >= 0.6 is 27.7 Å². The van der Waals surface area contributed by atoms with Crippen LogP contribution in [0.4, 0.5) is 5.69 Å². The van der Waals surface area contributed by atoms with Crippen molar-refractivity contribution in [3.05, 3.63) is 94.5 Å². The molecule has 0 saturated carbocycles. The number of hydrogen-bond acceptors (Lipinski definition) is 3. The minimum absolute atomic E-state index is 0.00457. The number of amides is 1. The molecule has 138 valence electrons. The second-order valence-electron chi connectivity index (χ2n) is 5.97. The molecule has 0 aromatic heterocycles. The van der Waals surface area contributed by atoms with E-state index < -0.39 is 0 Å². The summed E-state index contributed by atoms with van der Waals surface area (Å²) in [5.41, 5.74) is 3.10. The number of thioether (sulfide) groups is 1. The molecule has 0 aliphatic heterocycles. The Morgan fingerprint density at radius 3 is 2.30 bits per heavy atom. The molecule has 1 N–H and O–H groups in total. The average molecular weight is 442 g/mol. The van der Waals surface area contributed by atoms with E-state index in [4.69, 9.17) is 4.74 Å². The summed E-state index contributed by atoms with van der Waals surface area (Å²) in [6.45, 7) is 0.527. The van der Waals surface area contributed by atoms with Gasteiger partial charge in [0.25, 0.3) is 0 Å². The Bertz CT molecular complexity index is 852. The first kappa shape index (κ1) is 19.5. The molecule has 0 heterocycles. The number of carbonyl (C=O) groups excluding carboxylic acids is 1. The fraction of sp³-hybridized carbons (Fsp3) is 0.136. The van der Waals surface area contributed by atoms with Gasteiger partial charge >= 0.3 is 0 Å². The van der Waals surface area contributed by atoms with E-state index in [0.717, 1.165) is 27.2 Å². The van der Waals surface area contributed by atoms with Crippen molar-refractivity contribution in [2.45, 2.75) is 12.4 Å². The number of hydrogen-bond donors (Lipinski definition) is 1. The molecule has 3 nitrogen and oxygen atoms in total. The van der Waals surface area contributed by atoms with Gasteiger partial charge in [0, 0.05) is 15.9 Å². The summed E-state index contributed by atoms with van der Waals surface area (Å²) in [5, 5.41) is 2.92. The third-order valence-corrected chi connectivity index (χ3v) is 5.33. The molecular formula is C22H20BrNO2S. The Labute approximate surface area is 172 Å². The van der Waals surface area contributed by atoms with Crippen LogP contribution in [0.3, 0.4) is 0 Å². The van der Waals surface area contributed by atoms with Crippen molar-refractivity contribution >= 4 is 39.3 Å². The molecular weight excluding hydrogens is 422 g/mol. The van der Waals surface area contributed by atoms with E-state index in [1.54, 1.807) is 11.8 Å². The Hall–Kier alpha value is -2.24. The lowest BCUT2D eigenvalue weighted by Gasteiger charge is -2.08. The van der Waals surface area contributed by atoms with Crippen LogP contribution in [0.25, 0.3) is 0 Å². The van der Waals surface area contributed by atoms with E-state index >= 15 is 0 Å². The second-order valence-corrected chi connectivity index (χ2v) is 7.87. The Kier molecular flexibility index (Phi) is 7.36. The smallest absolute Gasteiger partial charge is 0.234 e. The van der Waals surface area contributed by atoms with Gasteiger partial charge in [0.1, 0.15) is 12.4 Å². The van der Waals surface area contributed by atoms with E-state index in [0.29, 0.717) is 12.4 Å². The van der Waals surface area contributed by atoms with Crippen molar-refractivity contribution in [3.63, 3.8) is 0 Å². The average Bonchev–Trinajstić information content (AvgIpc) is 2.70. The summed E-state index contributed by atoms with van der Waals surface area (Å²) in [6, 6.07) is 25.6. The van der Waals surface area contributed by atoms with Gasteiger partial charge in [0.05, 0.1) is 5.75 Å². The van der Waals surface area contributed by atoms with Gasteiger partial charge in [-0.05, 0) is 47.5 Å². The summed E-state index contributed by atoms with van der Waals surface area (Å²) in [6.07, 6.45) is 0. The van der Waals surface area contributed by atoms with Crippen LogP contribution in [-0.4, -0.2) is 11.7 Å². The number of benzene rings is 3. The fourth-order valence-electron chi connectivity index (χ4n) is 2.41. The largest absolute Gasteiger partial charge is 0.489 e. The molecule has 0 unspecified atom stereocenters. The zero-order chi connectivity index (χ0) is 18.9. The molecule has 0 fully saturated rings. The lowest BCUT2D eigenvalue weighted by atomic mass is 10.2. The highest BCUT2D eigenvalue weighted by molar-refractivity contribution is 9.10. The highest BCUT2D eigenvalue weighted by Gasteiger charge is 2.04. The van der Waals surface area contributed by atoms with Crippen molar-refractivity contribution in [1.82, 2.24) is 0 Å². The van der Waals surface area contributed by atoms with Crippen LogP contribution in [-0.2, 0) is 17.2 Å². The molecule has 0 spiro atoms. The minimum Gasteiger partial charge on any atom is -0.489 e. The molecule has 5 heteroatoms. The van der Waals surface area contributed by atoms with Crippen LogP contribution in [0.5, 0.6) is 5.75 Å². The normalized spacial score (nSPS) is 10.4. The topological polar surface area (TPSA) is 38.3 Å². The Balaban J connectivity index is 1.40. The summed E-state index contributed by atoms with van der Waals surface area (Å²) in [4.78, 5) is 12.1. The number of ether oxygens (including phenoxy) is 1. The van der Waals surface area contributed by atoms with Gasteiger partial charge in [-0.25, -0.2) is 0 Å². The van der Waals surface area contributed by atoms with Crippen molar-refractivity contribution in [1.29, 1.82) is 0 Å². The van der Waals surface area contributed by atoms with E-state index in [1.165, 1.54) is 5.56 Å². The van der Waals surface area contributed by atoms with Crippen molar-refractivity contribution in [3.8, 4) is 5.75 Å². The summed E-state index contributed by atoms with van der Waals surface area (Å²) < 4.78 is 6.81. The predicted octanol–water partition coefficient (Wildman–Crippen LogP) is 5.90. The van der Waals surface area contributed by atoms with Gasteiger partial charge in [-0.2, -0.15) is 0 Å². The zero-order valence-corrected chi connectivity index (χ0v) is 17.1. The van der Waals surface area contributed by atoms with E-state index in [1.807, 2.05) is 66.7 Å². The van der Waals surface area contributed by atoms with Crippen LogP contribution in [0.1, 0.15) is 11.1 Å². The molecule has 3 rings (SSSR count). The first-order valence-electron chi connectivity index (χ1n) is 8.58. The number of rotatable bonds is 8. The first-order valence-corrected chi connectivity index (χ1v) is 10.5. The van der Waals surface area contributed by atoms with Crippen molar-refractivity contribution in [2.75, 3.05) is 11.1 Å². The zero-order valence-electron chi connectivity index (χ0n) is 14.7. The van der Waals surface area contributed by atoms with E-state index in [-0.39, 0.29) is 5.91 Å². The summed E-state index contributed by atoms with van der Waals surface area (Å²) in [7, 11) is 0. The standard InChI is InChI=1S/C22H20BrNO2S/c23-19-8-6-18(7-9-19)15-27-16-22(25)24-20-10-12-21(13-11-20)26-14-17-4-2-1-3-5-17/h1-13H,14-16H2,(H,24,25). The molecule has 1 amide bonds. The maximum absolute atomic E-state index is 12.1. The monoisotopic (exact) mass is 441 g/mol. The molecule has 3 aromatic rings. The van der Waals surface area contributed by atoms with Gasteiger partial charge in [-0.3, -0.25) is 4.79 Å². The Morgan fingerprint density at radius 1 is 0.889 bits per heavy atom. The third-order valence-electron chi connectivity index (χ3n) is 3.80. The number of nitrogens with one attached hydrogen (secondary N) is 1. The van der Waals surface area contributed by atoms with Crippen LogP contribution in [0, 0.1) is 0 Å². The first-order chi connectivity index (χ1) is 13.2. The van der Waals surface area contributed by atoms with Crippen LogP contribution in [0.2, 0.25) is 0 Å². The molecule has 3 aromatic carbocycles. The number of halogens is 1. The summed E-state index contributed by atoms with van der Waals surface area (Å²) >= 11 is 5.02. The molecule has 0 aliphatic carbocycles. The predicted molar refractivity (Wildman–Crippen MR) is 116 cm³/mol. The third kappa shape index (κ3) is 6.77. The van der Waals surface area contributed by atoms with Gasteiger partial charge in [0.15, 0.2) is 0 Å². The van der Waals surface area contributed by atoms with E-state index in [9.17, 15) is 4.79 Å². The molecule has 0 atom stereocenters. The molecule has 27 heavy (non-hydrogen) atoms.